The van der Waals surface area contributed by atoms with Gasteiger partial charge in [-0.15, -0.1) is 11.3 Å². The Morgan fingerprint density at radius 2 is 0.962 bits per heavy atom. The Hall–Kier alpha value is -6.68. The minimum absolute atomic E-state index is 1.11. The van der Waals surface area contributed by atoms with Crippen LogP contribution in [0.25, 0.3) is 80.3 Å². The summed E-state index contributed by atoms with van der Waals surface area (Å²) in [4.78, 5) is 2.43. The van der Waals surface area contributed by atoms with Crippen LogP contribution in [0.15, 0.2) is 194 Å². The van der Waals surface area contributed by atoms with Crippen molar-refractivity contribution in [3.05, 3.63) is 194 Å². The predicted octanol–water partition coefficient (Wildman–Crippen LogP) is 14.6. The zero-order chi connectivity index (χ0) is 34.9. The summed E-state index contributed by atoms with van der Waals surface area (Å²) in [5, 5.41) is 10.1. The van der Waals surface area contributed by atoms with Gasteiger partial charge in [0, 0.05) is 53.7 Å². The minimum Gasteiger partial charge on any atom is -0.310 e. The molecule has 248 valence electrons. The summed E-state index contributed by atoms with van der Waals surface area (Å²) in [6.45, 7) is 0. The van der Waals surface area contributed by atoms with E-state index in [-0.39, 0.29) is 0 Å². The standard InChI is InChI=1S/C50H32N2S/c1-3-11-33(12-4-1)35-19-20-37-30-39(23-21-36(37)29-35)51(41-25-28-45-46-26-22-34-13-7-8-16-42(34)50(46)53-49(45)32-41)40-24-27-44-43-17-9-10-18-47(43)52(48(44)31-40)38-14-5-2-6-15-38/h1-32H. The van der Waals surface area contributed by atoms with Crippen molar-refractivity contribution in [3.8, 4) is 16.8 Å². The van der Waals surface area contributed by atoms with E-state index in [4.69, 9.17) is 0 Å². The number of para-hydroxylation sites is 2. The van der Waals surface area contributed by atoms with Crippen LogP contribution in [0.5, 0.6) is 0 Å². The molecule has 0 aliphatic heterocycles. The van der Waals surface area contributed by atoms with Gasteiger partial charge in [-0.25, -0.2) is 0 Å². The molecule has 0 N–H and O–H groups in total. The van der Waals surface area contributed by atoms with Crippen molar-refractivity contribution in [2.75, 3.05) is 4.90 Å². The van der Waals surface area contributed by atoms with E-state index < -0.39 is 0 Å². The number of aromatic nitrogens is 1. The van der Waals surface area contributed by atoms with Crippen LogP contribution in [0.1, 0.15) is 0 Å². The van der Waals surface area contributed by atoms with Crippen molar-refractivity contribution >= 4 is 91.9 Å². The van der Waals surface area contributed by atoms with Gasteiger partial charge in [0.2, 0.25) is 0 Å². The SMILES string of the molecule is c1ccc(-c2ccc3cc(N(c4ccc5c(c4)sc4c6ccccc6ccc54)c4ccc5c6ccccc6n(-c6ccccc6)c5c4)ccc3c2)cc1. The van der Waals surface area contributed by atoms with Crippen molar-refractivity contribution in [2.45, 2.75) is 0 Å². The molecule has 3 heteroatoms. The average Bonchev–Trinajstić information content (AvgIpc) is 3.77. The fraction of sp³-hybridized carbons (Fsp3) is 0. The topological polar surface area (TPSA) is 8.17 Å². The Kier molecular flexibility index (Phi) is 6.76. The Bertz CT molecular complexity index is 3170. The van der Waals surface area contributed by atoms with Crippen molar-refractivity contribution in [1.82, 2.24) is 4.57 Å². The molecule has 11 aromatic rings. The van der Waals surface area contributed by atoms with E-state index in [1.54, 1.807) is 0 Å². The first-order valence-corrected chi connectivity index (χ1v) is 18.9. The number of thiophene rings is 1. The van der Waals surface area contributed by atoms with E-state index >= 15 is 0 Å². The van der Waals surface area contributed by atoms with Gasteiger partial charge in [0.05, 0.1) is 11.0 Å². The lowest BCUT2D eigenvalue weighted by atomic mass is 10.0. The molecule has 2 heterocycles. The summed E-state index contributed by atoms with van der Waals surface area (Å²) in [5.74, 6) is 0. The number of anilines is 3. The Labute approximate surface area is 311 Å². The zero-order valence-corrected chi connectivity index (χ0v) is 29.6. The number of rotatable bonds is 5. The van der Waals surface area contributed by atoms with E-state index in [1.165, 1.54) is 74.6 Å². The van der Waals surface area contributed by atoms with Gasteiger partial charge in [-0.1, -0.05) is 133 Å². The molecule has 0 saturated heterocycles. The highest BCUT2D eigenvalue weighted by Crippen LogP contribution is 2.44. The van der Waals surface area contributed by atoms with Gasteiger partial charge in [0.1, 0.15) is 0 Å². The summed E-state index contributed by atoms with van der Waals surface area (Å²) in [6.07, 6.45) is 0. The first-order chi connectivity index (χ1) is 26.3. The van der Waals surface area contributed by atoms with E-state index in [9.17, 15) is 0 Å². The number of benzene rings is 9. The number of hydrogen-bond acceptors (Lipinski definition) is 2. The third kappa shape index (κ3) is 4.86. The molecule has 11 rings (SSSR count). The summed E-state index contributed by atoms with van der Waals surface area (Å²) >= 11 is 1.89. The lowest BCUT2D eigenvalue weighted by Gasteiger charge is -2.26. The van der Waals surface area contributed by atoms with Gasteiger partial charge in [0.25, 0.3) is 0 Å². The summed E-state index contributed by atoms with van der Waals surface area (Å²) in [6, 6.07) is 71.0. The van der Waals surface area contributed by atoms with Crippen LogP contribution in [0, 0.1) is 0 Å². The molecule has 0 atom stereocenters. The molecule has 0 aliphatic rings. The third-order valence-electron chi connectivity index (χ3n) is 10.7. The lowest BCUT2D eigenvalue weighted by molar-refractivity contribution is 1.18. The van der Waals surface area contributed by atoms with Crippen molar-refractivity contribution in [2.24, 2.45) is 0 Å². The van der Waals surface area contributed by atoms with Crippen molar-refractivity contribution in [1.29, 1.82) is 0 Å². The van der Waals surface area contributed by atoms with Gasteiger partial charge in [-0.3, -0.25) is 0 Å². The highest BCUT2D eigenvalue weighted by Gasteiger charge is 2.19. The molecular weight excluding hydrogens is 661 g/mol. The van der Waals surface area contributed by atoms with Crippen LogP contribution in [0.2, 0.25) is 0 Å². The Morgan fingerprint density at radius 3 is 1.83 bits per heavy atom. The largest absolute Gasteiger partial charge is 0.310 e. The Morgan fingerprint density at radius 1 is 0.358 bits per heavy atom. The molecule has 0 spiro atoms. The molecule has 53 heavy (non-hydrogen) atoms. The molecule has 9 aromatic carbocycles. The van der Waals surface area contributed by atoms with Gasteiger partial charge in [-0.2, -0.15) is 0 Å². The van der Waals surface area contributed by atoms with Crippen LogP contribution in [0.3, 0.4) is 0 Å². The summed E-state index contributed by atoms with van der Waals surface area (Å²) < 4.78 is 5.03. The van der Waals surface area contributed by atoms with Gasteiger partial charge in [-0.05, 0) is 93.3 Å². The van der Waals surface area contributed by atoms with Crippen molar-refractivity contribution in [3.63, 3.8) is 0 Å². The fourth-order valence-corrected chi connectivity index (χ4v) is 9.49. The van der Waals surface area contributed by atoms with E-state index in [1.807, 2.05) is 11.3 Å². The molecule has 0 saturated carbocycles. The average molecular weight is 693 g/mol. The second kappa shape index (κ2) is 11.9. The van der Waals surface area contributed by atoms with Crippen LogP contribution >= 0.6 is 11.3 Å². The summed E-state index contributed by atoms with van der Waals surface area (Å²) in [5.41, 5.74) is 9.37. The van der Waals surface area contributed by atoms with Gasteiger partial charge >= 0.3 is 0 Å². The second-order valence-corrected chi connectivity index (χ2v) is 14.8. The van der Waals surface area contributed by atoms with Gasteiger partial charge < -0.3 is 9.47 Å². The van der Waals surface area contributed by atoms with E-state index in [0.717, 1.165) is 22.7 Å². The monoisotopic (exact) mass is 692 g/mol. The maximum Gasteiger partial charge on any atom is 0.0561 e. The fourth-order valence-electron chi connectivity index (χ4n) is 8.21. The molecular formula is C50H32N2S. The van der Waals surface area contributed by atoms with E-state index in [0.29, 0.717) is 0 Å². The second-order valence-electron chi connectivity index (χ2n) is 13.8. The normalized spacial score (nSPS) is 11.8. The highest BCUT2D eigenvalue weighted by atomic mass is 32.1. The maximum atomic E-state index is 2.43. The first-order valence-electron chi connectivity index (χ1n) is 18.1. The molecule has 0 amide bonds. The Balaban J connectivity index is 1.14. The number of fused-ring (bicyclic) bond motifs is 9. The molecule has 2 nitrogen and oxygen atoms in total. The molecule has 0 fully saturated rings. The zero-order valence-electron chi connectivity index (χ0n) is 28.8. The third-order valence-corrected chi connectivity index (χ3v) is 11.9. The molecule has 2 aromatic heterocycles. The first kappa shape index (κ1) is 30.0. The molecule has 0 radical (unpaired) electrons. The minimum atomic E-state index is 1.11. The molecule has 0 unspecified atom stereocenters. The van der Waals surface area contributed by atoms with Crippen LogP contribution in [-0.2, 0) is 0 Å². The smallest absolute Gasteiger partial charge is 0.0561 e. The van der Waals surface area contributed by atoms with Gasteiger partial charge in [0.15, 0.2) is 0 Å². The predicted molar refractivity (Wildman–Crippen MR) is 229 cm³/mol. The van der Waals surface area contributed by atoms with Crippen LogP contribution in [0.4, 0.5) is 17.1 Å². The van der Waals surface area contributed by atoms with Crippen LogP contribution in [-0.4, -0.2) is 4.57 Å². The number of nitrogens with zero attached hydrogens (tertiary/aromatic N) is 2. The maximum absolute atomic E-state index is 2.43. The quantitative estimate of drug-likeness (QED) is 0.174. The number of hydrogen-bond donors (Lipinski definition) is 0. The van der Waals surface area contributed by atoms with E-state index in [2.05, 4.69) is 204 Å². The summed E-state index contributed by atoms with van der Waals surface area (Å²) in [7, 11) is 0. The lowest BCUT2D eigenvalue weighted by Crippen LogP contribution is -2.10. The molecule has 0 aliphatic carbocycles. The molecule has 0 bridgehead atoms. The highest BCUT2D eigenvalue weighted by molar-refractivity contribution is 7.26. The van der Waals surface area contributed by atoms with Crippen LogP contribution < -0.4 is 4.90 Å². The van der Waals surface area contributed by atoms with Crippen molar-refractivity contribution < 1.29 is 0 Å².